The number of methoxy groups -OCH3 is 2. The second-order valence-corrected chi connectivity index (χ2v) is 11.0. The third-order valence-corrected chi connectivity index (χ3v) is 7.47. The number of hydrogen-bond donors (Lipinski definition) is 1. The van der Waals surface area contributed by atoms with Gasteiger partial charge >= 0.3 is 0 Å². The highest BCUT2D eigenvalue weighted by Gasteiger charge is 2.32. The number of rotatable bonds is 13. The van der Waals surface area contributed by atoms with Crippen LogP contribution in [0.2, 0.25) is 10.0 Å². The van der Waals surface area contributed by atoms with Crippen LogP contribution in [0.25, 0.3) is 0 Å². The number of halogens is 2. The number of sulfonamides is 1. The van der Waals surface area contributed by atoms with Gasteiger partial charge in [-0.15, -0.1) is 0 Å². The molecule has 0 heterocycles. The summed E-state index contributed by atoms with van der Waals surface area (Å²) < 4.78 is 37.2. The van der Waals surface area contributed by atoms with Crippen LogP contribution in [-0.2, 0) is 26.2 Å². The predicted octanol–water partition coefficient (Wildman–Crippen LogP) is 4.11. The molecule has 0 aromatic heterocycles. The van der Waals surface area contributed by atoms with Gasteiger partial charge in [-0.05, 0) is 42.7 Å². The molecule has 2 rings (SSSR count). The first-order valence-electron chi connectivity index (χ1n) is 11.7. The molecule has 0 aliphatic carbocycles. The molecule has 0 aliphatic rings. The van der Waals surface area contributed by atoms with Crippen molar-refractivity contribution in [1.82, 2.24) is 10.2 Å². The quantitative estimate of drug-likeness (QED) is 0.386. The zero-order valence-corrected chi connectivity index (χ0v) is 23.9. The van der Waals surface area contributed by atoms with E-state index in [0.29, 0.717) is 34.3 Å². The molecule has 1 N–H and O–H groups in total. The Morgan fingerprint density at radius 2 is 1.73 bits per heavy atom. The summed E-state index contributed by atoms with van der Waals surface area (Å²) in [6, 6.07) is 8.67. The van der Waals surface area contributed by atoms with E-state index in [1.807, 2.05) is 6.92 Å². The molecule has 1 atom stereocenters. The van der Waals surface area contributed by atoms with Crippen molar-refractivity contribution in [2.45, 2.75) is 39.3 Å². The van der Waals surface area contributed by atoms with Crippen molar-refractivity contribution < 1.29 is 27.5 Å². The smallest absolute Gasteiger partial charge is 0.244 e. The van der Waals surface area contributed by atoms with Crippen LogP contribution in [0.15, 0.2) is 36.4 Å². The van der Waals surface area contributed by atoms with Crippen molar-refractivity contribution >= 4 is 50.7 Å². The molecule has 12 heteroatoms. The van der Waals surface area contributed by atoms with E-state index < -0.39 is 28.5 Å². The molecule has 0 fully saturated rings. The number of nitrogens with zero attached hydrogens (tertiary/aromatic N) is 2. The highest BCUT2D eigenvalue weighted by molar-refractivity contribution is 7.92. The third kappa shape index (κ3) is 8.15. The van der Waals surface area contributed by atoms with E-state index >= 15 is 0 Å². The molecule has 2 aromatic carbocycles. The fourth-order valence-corrected chi connectivity index (χ4v) is 4.88. The summed E-state index contributed by atoms with van der Waals surface area (Å²) in [5.41, 5.74) is 0.801. The first-order valence-corrected chi connectivity index (χ1v) is 14.3. The van der Waals surface area contributed by atoms with E-state index in [1.54, 1.807) is 31.2 Å². The molecular weight excluding hydrogens is 541 g/mol. The van der Waals surface area contributed by atoms with E-state index in [9.17, 15) is 18.0 Å². The monoisotopic (exact) mass is 573 g/mol. The van der Waals surface area contributed by atoms with E-state index in [0.717, 1.165) is 17.0 Å². The molecule has 0 bridgehead atoms. The largest absolute Gasteiger partial charge is 0.497 e. The first kappa shape index (κ1) is 30.5. The fourth-order valence-electron chi connectivity index (χ4n) is 3.71. The summed E-state index contributed by atoms with van der Waals surface area (Å²) >= 11 is 12.2. The molecule has 2 aromatic rings. The average Bonchev–Trinajstić information content (AvgIpc) is 2.86. The van der Waals surface area contributed by atoms with E-state index in [2.05, 4.69) is 5.32 Å². The Balaban J connectivity index is 2.51. The SMILES string of the molecule is CCCNC(=O)[C@H](CC)N(Cc1ccc(Cl)c(Cl)c1)C(=O)CN(c1ccc(OC)cc1OC)S(C)(=O)=O. The van der Waals surface area contributed by atoms with Crippen LogP contribution in [-0.4, -0.2) is 64.7 Å². The van der Waals surface area contributed by atoms with Gasteiger partial charge in [0.2, 0.25) is 21.8 Å². The topological polar surface area (TPSA) is 105 Å². The third-order valence-electron chi connectivity index (χ3n) is 5.61. The maximum atomic E-state index is 13.7. The molecular formula is C25H33Cl2N3O6S. The van der Waals surface area contributed by atoms with Crippen LogP contribution in [0.1, 0.15) is 32.3 Å². The molecule has 0 saturated carbocycles. The summed E-state index contributed by atoms with van der Waals surface area (Å²) in [5, 5.41) is 3.48. The van der Waals surface area contributed by atoms with Gasteiger partial charge in [0.25, 0.3) is 0 Å². The maximum absolute atomic E-state index is 13.7. The minimum Gasteiger partial charge on any atom is -0.497 e. The van der Waals surface area contributed by atoms with Gasteiger partial charge in [-0.1, -0.05) is 43.1 Å². The fraction of sp³-hybridized carbons (Fsp3) is 0.440. The van der Waals surface area contributed by atoms with Gasteiger partial charge in [-0.25, -0.2) is 8.42 Å². The Bertz CT molecular complexity index is 1210. The first-order chi connectivity index (χ1) is 17.5. The predicted molar refractivity (Wildman–Crippen MR) is 146 cm³/mol. The van der Waals surface area contributed by atoms with Gasteiger partial charge in [-0.3, -0.25) is 13.9 Å². The van der Waals surface area contributed by atoms with Crippen LogP contribution in [0.5, 0.6) is 11.5 Å². The highest BCUT2D eigenvalue weighted by atomic mass is 35.5. The Morgan fingerprint density at radius 1 is 1.03 bits per heavy atom. The molecule has 9 nitrogen and oxygen atoms in total. The summed E-state index contributed by atoms with van der Waals surface area (Å²) in [7, 11) is -1.06. The summed E-state index contributed by atoms with van der Waals surface area (Å²) in [4.78, 5) is 28.1. The van der Waals surface area contributed by atoms with Gasteiger partial charge in [0, 0.05) is 19.2 Å². The van der Waals surface area contributed by atoms with Gasteiger partial charge in [0.05, 0.1) is 36.2 Å². The van der Waals surface area contributed by atoms with Crippen LogP contribution in [0.3, 0.4) is 0 Å². The maximum Gasteiger partial charge on any atom is 0.244 e. The van der Waals surface area contributed by atoms with Crippen LogP contribution < -0.4 is 19.1 Å². The lowest BCUT2D eigenvalue weighted by Crippen LogP contribution is -2.52. The minimum atomic E-state index is -3.92. The highest BCUT2D eigenvalue weighted by Crippen LogP contribution is 2.34. The Labute approximate surface area is 228 Å². The Kier molecular flexibility index (Phi) is 11.3. The zero-order valence-electron chi connectivity index (χ0n) is 21.6. The van der Waals surface area contributed by atoms with Gasteiger partial charge in [0.1, 0.15) is 24.1 Å². The standard InChI is InChI=1S/C25H33Cl2N3O6S/c1-6-12-28-25(32)21(7-2)29(15-17-8-10-19(26)20(27)13-17)24(31)16-30(37(5,33)34)22-11-9-18(35-3)14-23(22)36-4/h8-11,13-14,21H,6-7,12,15-16H2,1-5H3,(H,28,32)/t21-/m0/s1. The lowest BCUT2D eigenvalue weighted by molar-refractivity contribution is -0.140. The van der Waals surface area contributed by atoms with Crippen molar-refractivity contribution in [1.29, 1.82) is 0 Å². The number of carbonyl (C=O) groups excluding carboxylic acids is 2. The molecule has 0 saturated heterocycles. The van der Waals surface area contributed by atoms with Crippen molar-refractivity contribution in [3.05, 3.63) is 52.0 Å². The summed E-state index contributed by atoms with van der Waals surface area (Å²) in [5.74, 6) is -0.236. The molecule has 204 valence electrons. The zero-order chi connectivity index (χ0) is 27.8. The number of carbonyl (C=O) groups is 2. The summed E-state index contributed by atoms with van der Waals surface area (Å²) in [6.07, 6.45) is 2.04. The molecule has 0 unspecified atom stereocenters. The number of nitrogens with one attached hydrogen (secondary N) is 1. The van der Waals surface area contributed by atoms with E-state index in [-0.39, 0.29) is 23.9 Å². The number of ether oxygens (including phenoxy) is 2. The number of anilines is 1. The Hall–Kier alpha value is -2.69. The summed E-state index contributed by atoms with van der Waals surface area (Å²) in [6.45, 7) is 3.62. The minimum absolute atomic E-state index is 0.0190. The van der Waals surface area contributed by atoms with E-state index in [4.69, 9.17) is 32.7 Å². The number of benzene rings is 2. The number of amides is 2. The van der Waals surface area contributed by atoms with Crippen molar-refractivity contribution in [2.75, 3.05) is 37.9 Å². The van der Waals surface area contributed by atoms with E-state index in [1.165, 1.54) is 31.3 Å². The average molecular weight is 575 g/mol. The molecule has 0 aliphatic heterocycles. The number of hydrogen-bond acceptors (Lipinski definition) is 6. The van der Waals surface area contributed by atoms with Crippen LogP contribution in [0, 0.1) is 0 Å². The molecule has 2 amide bonds. The molecule has 0 spiro atoms. The Morgan fingerprint density at radius 3 is 2.27 bits per heavy atom. The van der Waals surface area contributed by atoms with Gasteiger partial charge < -0.3 is 19.7 Å². The lowest BCUT2D eigenvalue weighted by atomic mass is 10.1. The molecule has 0 radical (unpaired) electrons. The van der Waals surface area contributed by atoms with Gasteiger partial charge in [-0.2, -0.15) is 0 Å². The lowest BCUT2D eigenvalue weighted by Gasteiger charge is -2.33. The van der Waals surface area contributed by atoms with Gasteiger partial charge in [0.15, 0.2) is 0 Å². The van der Waals surface area contributed by atoms with Crippen LogP contribution >= 0.6 is 23.2 Å². The van der Waals surface area contributed by atoms with Crippen molar-refractivity contribution in [3.8, 4) is 11.5 Å². The van der Waals surface area contributed by atoms with Crippen LogP contribution in [0.4, 0.5) is 5.69 Å². The second kappa shape index (κ2) is 13.7. The van der Waals surface area contributed by atoms with Crippen molar-refractivity contribution in [3.63, 3.8) is 0 Å². The van der Waals surface area contributed by atoms with Crippen molar-refractivity contribution in [2.24, 2.45) is 0 Å². The second-order valence-electron chi connectivity index (χ2n) is 8.29. The molecule has 37 heavy (non-hydrogen) atoms. The normalized spacial score (nSPS) is 12.0.